The molecule has 0 radical (unpaired) electrons. The summed E-state index contributed by atoms with van der Waals surface area (Å²) in [7, 11) is 1.78. The van der Waals surface area contributed by atoms with E-state index in [4.69, 9.17) is 9.47 Å². The summed E-state index contributed by atoms with van der Waals surface area (Å²) in [5.74, 6) is 0.235. The first kappa shape index (κ1) is 28.8. The van der Waals surface area contributed by atoms with Crippen molar-refractivity contribution in [1.29, 1.82) is 0 Å². The van der Waals surface area contributed by atoms with E-state index in [9.17, 15) is 14.4 Å². The molecule has 220 valence electrons. The minimum atomic E-state index is -0.612. The van der Waals surface area contributed by atoms with Crippen LogP contribution in [0.3, 0.4) is 0 Å². The third kappa shape index (κ3) is 6.60. The number of aromatic amines is 1. The van der Waals surface area contributed by atoms with Crippen molar-refractivity contribution >= 4 is 28.8 Å². The Kier molecular flexibility index (Phi) is 8.16. The van der Waals surface area contributed by atoms with Crippen molar-refractivity contribution in [2.75, 3.05) is 31.1 Å². The molecule has 0 saturated carbocycles. The van der Waals surface area contributed by atoms with Gasteiger partial charge in [0.1, 0.15) is 12.2 Å². The van der Waals surface area contributed by atoms with Crippen LogP contribution in [0.5, 0.6) is 0 Å². The van der Waals surface area contributed by atoms with E-state index in [2.05, 4.69) is 22.0 Å². The summed E-state index contributed by atoms with van der Waals surface area (Å²) >= 11 is 0. The quantitative estimate of drug-likeness (QED) is 0.413. The van der Waals surface area contributed by atoms with Gasteiger partial charge in [0.25, 0.3) is 0 Å². The van der Waals surface area contributed by atoms with Crippen LogP contribution in [0.25, 0.3) is 11.0 Å². The second-order valence-corrected chi connectivity index (χ2v) is 12.6. The zero-order valence-corrected chi connectivity index (χ0v) is 24.7. The van der Waals surface area contributed by atoms with Gasteiger partial charge in [0.15, 0.2) is 0 Å². The van der Waals surface area contributed by atoms with Gasteiger partial charge in [-0.3, -0.25) is 9.36 Å². The lowest BCUT2D eigenvalue weighted by molar-refractivity contribution is -0.172. The number of esters is 1. The second-order valence-electron chi connectivity index (χ2n) is 12.6. The van der Waals surface area contributed by atoms with E-state index in [1.54, 1.807) is 16.5 Å². The molecule has 1 N–H and O–H groups in total. The lowest BCUT2D eigenvalue weighted by Crippen LogP contribution is -2.50. The van der Waals surface area contributed by atoms with Gasteiger partial charge in [-0.05, 0) is 82.6 Å². The molecule has 5 rings (SSSR count). The summed E-state index contributed by atoms with van der Waals surface area (Å²) in [6, 6.07) is 15.8. The Morgan fingerprint density at radius 2 is 1.68 bits per heavy atom. The highest BCUT2D eigenvalue weighted by Crippen LogP contribution is 2.43. The molecular weight excluding hydrogens is 520 g/mol. The van der Waals surface area contributed by atoms with Crippen molar-refractivity contribution in [3.05, 3.63) is 64.6 Å². The van der Waals surface area contributed by atoms with E-state index in [0.29, 0.717) is 31.8 Å². The number of likely N-dealkylation sites (tertiary alicyclic amines) is 1. The number of carbonyl (C=O) groups excluding carboxylic acids is 2. The van der Waals surface area contributed by atoms with Crippen molar-refractivity contribution in [3.8, 4) is 0 Å². The van der Waals surface area contributed by atoms with E-state index in [1.807, 2.05) is 57.2 Å². The topological polar surface area (TPSA) is 96.9 Å². The third-order valence-corrected chi connectivity index (χ3v) is 8.56. The third-order valence-electron chi connectivity index (χ3n) is 8.56. The maximum absolute atomic E-state index is 13.6. The second kappa shape index (κ2) is 11.6. The summed E-state index contributed by atoms with van der Waals surface area (Å²) in [6.07, 6.45) is 3.50. The number of carbonyl (C=O) groups is 2. The van der Waals surface area contributed by atoms with Gasteiger partial charge >= 0.3 is 17.8 Å². The van der Waals surface area contributed by atoms with Crippen LogP contribution in [0.4, 0.5) is 10.5 Å². The number of aromatic nitrogens is 2. The number of nitrogens with zero attached hydrogens (tertiary/aromatic N) is 3. The molecule has 0 bridgehead atoms. The molecule has 0 aliphatic carbocycles. The standard InChI is InChI=1S/C32H42N4O5/c1-31(2,3)41-28(37)32(14-18-36(19-15-32)30(39)40-22-24-8-6-5-7-9-24)21-23-12-16-35(17-13-23)25-10-11-26-27(20-25)34(4)29(38)33-26/h5-11,20,23H,12-19,21-22H2,1-4H3,(H,33,38). The average molecular weight is 563 g/mol. The molecule has 1 amide bonds. The Hall–Kier alpha value is -3.75. The first-order chi connectivity index (χ1) is 19.5. The maximum atomic E-state index is 13.6. The predicted octanol–water partition coefficient (Wildman–Crippen LogP) is 5.23. The monoisotopic (exact) mass is 562 g/mol. The molecule has 9 nitrogen and oxygen atoms in total. The fourth-order valence-electron chi connectivity index (χ4n) is 6.16. The summed E-state index contributed by atoms with van der Waals surface area (Å²) < 4.78 is 13.2. The molecule has 0 spiro atoms. The van der Waals surface area contributed by atoms with Gasteiger partial charge in [-0.2, -0.15) is 0 Å². The van der Waals surface area contributed by atoms with Crippen LogP contribution in [0.1, 0.15) is 58.4 Å². The summed E-state index contributed by atoms with van der Waals surface area (Å²) in [5, 5.41) is 0. The molecule has 9 heteroatoms. The number of benzene rings is 2. The molecule has 2 aliphatic rings. The van der Waals surface area contributed by atoms with E-state index >= 15 is 0 Å². The average Bonchev–Trinajstić information content (AvgIpc) is 3.24. The first-order valence-corrected chi connectivity index (χ1v) is 14.7. The predicted molar refractivity (Wildman–Crippen MR) is 159 cm³/mol. The molecule has 1 aromatic heterocycles. The molecule has 3 heterocycles. The molecule has 2 aromatic carbocycles. The Morgan fingerprint density at radius 1 is 1.00 bits per heavy atom. The fourth-order valence-corrected chi connectivity index (χ4v) is 6.16. The largest absolute Gasteiger partial charge is 0.460 e. The molecule has 2 fully saturated rings. The van der Waals surface area contributed by atoms with Gasteiger partial charge in [0, 0.05) is 38.9 Å². The van der Waals surface area contributed by atoms with Crippen LogP contribution in [0.2, 0.25) is 0 Å². The molecule has 41 heavy (non-hydrogen) atoms. The number of amides is 1. The van der Waals surface area contributed by atoms with Gasteiger partial charge in [-0.25, -0.2) is 9.59 Å². The normalized spacial score (nSPS) is 18.0. The number of aryl methyl sites for hydroxylation is 1. The van der Waals surface area contributed by atoms with Gasteiger partial charge in [-0.15, -0.1) is 0 Å². The maximum Gasteiger partial charge on any atom is 0.410 e. The summed E-state index contributed by atoms with van der Waals surface area (Å²) in [5.41, 5.74) is 2.49. The number of nitrogens with one attached hydrogen (secondary N) is 1. The molecule has 2 saturated heterocycles. The van der Waals surface area contributed by atoms with Crippen LogP contribution in [-0.4, -0.2) is 58.3 Å². The Labute approximate surface area is 241 Å². The van der Waals surface area contributed by atoms with Crippen LogP contribution in [0, 0.1) is 11.3 Å². The highest BCUT2D eigenvalue weighted by Gasteiger charge is 2.46. The minimum Gasteiger partial charge on any atom is -0.460 e. The first-order valence-electron chi connectivity index (χ1n) is 14.7. The number of piperidine rings is 2. The number of fused-ring (bicyclic) bond motifs is 1. The number of hydrogen-bond acceptors (Lipinski definition) is 6. The Balaban J connectivity index is 1.22. The zero-order valence-electron chi connectivity index (χ0n) is 24.7. The summed E-state index contributed by atoms with van der Waals surface area (Å²) in [6.45, 7) is 8.67. The zero-order chi connectivity index (χ0) is 29.2. The lowest BCUT2D eigenvalue weighted by atomic mass is 9.70. The Bertz CT molecular complexity index is 1420. The number of ether oxygens (including phenoxy) is 2. The van der Waals surface area contributed by atoms with Crippen LogP contribution < -0.4 is 10.6 Å². The lowest BCUT2D eigenvalue weighted by Gasteiger charge is -2.44. The molecular formula is C32H42N4O5. The number of anilines is 1. The van der Waals surface area contributed by atoms with Crippen LogP contribution in [0.15, 0.2) is 53.3 Å². The highest BCUT2D eigenvalue weighted by atomic mass is 16.6. The van der Waals surface area contributed by atoms with E-state index < -0.39 is 11.0 Å². The molecule has 0 unspecified atom stereocenters. The minimum absolute atomic E-state index is 0.112. The summed E-state index contributed by atoms with van der Waals surface area (Å²) in [4.78, 5) is 45.4. The van der Waals surface area contributed by atoms with Gasteiger partial charge in [0.05, 0.1) is 16.4 Å². The van der Waals surface area contributed by atoms with Gasteiger partial charge in [-0.1, -0.05) is 30.3 Å². The molecule has 0 atom stereocenters. The fraction of sp³-hybridized carbons (Fsp3) is 0.531. The number of rotatable bonds is 6. The van der Waals surface area contributed by atoms with Gasteiger partial charge in [0.2, 0.25) is 0 Å². The van der Waals surface area contributed by atoms with E-state index in [0.717, 1.165) is 54.6 Å². The van der Waals surface area contributed by atoms with Crippen molar-refractivity contribution in [3.63, 3.8) is 0 Å². The SMILES string of the molecule is Cn1c(=O)[nH]c2ccc(N3CCC(CC4(C(=O)OC(C)(C)C)CCN(C(=O)OCc5ccccc5)CC4)CC3)cc21. The highest BCUT2D eigenvalue weighted by molar-refractivity contribution is 5.80. The molecule has 3 aromatic rings. The number of imidazole rings is 1. The van der Waals surface area contributed by atoms with E-state index in [1.165, 1.54) is 0 Å². The van der Waals surface area contributed by atoms with Gasteiger partial charge < -0.3 is 24.3 Å². The number of hydrogen-bond donors (Lipinski definition) is 1. The van der Waals surface area contributed by atoms with Crippen molar-refractivity contribution < 1.29 is 19.1 Å². The Morgan fingerprint density at radius 3 is 2.34 bits per heavy atom. The van der Waals surface area contributed by atoms with Crippen molar-refractivity contribution in [2.45, 2.75) is 65.1 Å². The van der Waals surface area contributed by atoms with Crippen molar-refractivity contribution in [1.82, 2.24) is 14.5 Å². The smallest absolute Gasteiger partial charge is 0.410 e. The van der Waals surface area contributed by atoms with E-state index in [-0.39, 0.29) is 24.4 Å². The number of H-pyrrole nitrogens is 1. The van der Waals surface area contributed by atoms with Crippen LogP contribution in [-0.2, 0) is 27.9 Å². The van der Waals surface area contributed by atoms with Crippen molar-refractivity contribution in [2.24, 2.45) is 18.4 Å². The molecule has 2 aliphatic heterocycles. The van der Waals surface area contributed by atoms with Crippen LogP contribution >= 0.6 is 0 Å².